The van der Waals surface area contributed by atoms with E-state index < -0.39 is 0 Å². The molecular formula is C15H22ClN3O3. The molecule has 0 saturated carbocycles. The maximum absolute atomic E-state index is 11.7. The van der Waals surface area contributed by atoms with Gasteiger partial charge in [0.25, 0.3) is 0 Å². The van der Waals surface area contributed by atoms with Crippen molar-refractivity contribution in [1.82, 2.24) is 5.32 Å². The van der Waals surface area contributed by atoms with Gasteiger partial charge in [0.2, 0.25) is 11.8 Å². The molecule has 22 heavy (non-hydrogen) atoms. The number of carbonyl (C=O) groups excluding carboxylic acids is 2. The highest BCUT2D eigenvalue weighted by atomic mass is 35.5. The molecule has 1 rings (SSSR count). The summed E-state index contributed by atoms with van der Waals surface area (Å²) in [5.41, 5.74) is 6.14. The minimum Gasteiger partial charge on any atom is -0.380 e. The molecule has 0 bridgehead atoms. The Morgan fingerprint density at radius 1 is 1.27 bits per heavy atom. The molecule has 7 heteroatoms. The molecule has 1 atom stereocenters. The Hall–Kier alpha value is -1.63. The van der Waals surface area contributed by atoms with E-state index in [1.165, 1.54) is 7.11 Å². The van der Waals surface area contributed by atoms with Crippen LogP contribution >= 0.6 is 11.6 Å². The molecule has 0 aliphatic heterocycles. The summed E-state index contributed by atoms with van der Waals surface area (Å²) in [5, 5.41) is 6.12. The van der Waals surface area contributed by atoms with E-state index in [1.54, 1.807) is 24.3 Å². The first-order valence-electron chi connectivity index (χ1n) is 7.10. The van der Waals surface area contributed by atoms with E-state index >= 15 is 0 Å². The summed E-state index contributed by atoms with van der Waals surface area (Å²) in [6, 6.07) is 6.89. The van der Waals surface area contributed by atoms with Crippen LogP contribution in [0.2, 0.25) is 5.02 Å². The second kappa shape index (κ2) is 10.2. The van der Waals surface area contributed by atoms with Crippen LogP contribution in [0.25, 0.3) is 0 Å². The second-order valence-electron chi connectivity index (χ2n) is 4.81. The monoisotopic (exact) mass is 327 g/mol. The van der Waals surface area contributed by atoms with E-state index in [9.17, 15) is 9.59 Å². The standard InChI is InChI=1S/C15H22ClN3O3/c1-22-13(10-17)9-15(21)18-8-2-3-14(20)19-12-6-4-11(16)5-7-12/h4-7,13H,2-3,8-10,17H2,1H3,(H,18,21)(H,19,20). The van der Waals surface area contributed by atoms with Gasteiger partial charge in [0.15, 0.2) is 0 Å². The highest BCUT2D eigenvalue weighted by Gasteiger charge is 2.11. The highest BCUT2D eigenvalue weighted by molar-refractivity contribution is 6.30. The van der Waals surface area contributed by atoms with Gasteiger partial charge in [0, 0.05) is 37.3 Å². The lowest BCUT2D eigenvalue weighted by Gasteiger charge is -2.12. The number of benzene rings is 1. The molecule has 1 unspecified atom stereocenters. The van der Waals surface area contributed by atoms with Crippen molar-refractivity contribution < 1.29 is 14.3 Å². The first-order chi connectivity index (χ1) is 10.5. The van der Waals surface area contributed by atoms with Crippen molar-refractivity contribution in [1.29, 1.82) is 0 Å². The number of ether oxygens (including phenoxy) is 1. The van der Waals surface area contributed by atoms with Crippen molar-refractivity contribution >= 4 is 29.1 Å². The van der Waals surface area contributed by atoms with Gasteiger partial charge >= 0.3 is 0 Å². The van der Waals surface area contributed by atoms with Crippen molar-refractivity contribution in [2.24, 2.45) is 5.73 Å². The van der Waals surface area contributed by atoms with Gasteiger partial charge in [-0.15, -0.1) is 0 Å². The predicted octanol–water partition coefficient (Wildman–Crippen LogP) is 1.54. The Bertz CT molecular complexity index is 475. The molecule has 1 aromatic rings. The normalized spacial score (nSPS) is 11.8. The van der Waals surface area contributed by atoms with Crippen LogP contribution in [-0.4, -0.2) is 38.1 Å². The third-order valence-electron chi connectivity index (χ3n) is 3.04. The van der Waals surface area contributed by atoms with E-state index in [2.05, 4.69) is 10.6 Å². The number of hydrogen-bond donors (Lipinski definition) is 3. The van der Waals surface area contributed by atoms with Crippen molar-refractivity contribution in [3.8, 4) is 0 Å². The molecule has 0 fully saturated rings. The Labute approximate surface area is 135 Å². The predicted molar refractivity (Wildman–Crippen MR) is 86.8 cm³/mol. The van der Waals surface area contributed by atoms with E-state index in [1.807, 2.05) is 0 Å². The lowest BCUT2D eigenvalue weighted by molar-refractivity contribution is -0.123. The van der Waals surface area contributed by atoms with Crippen LogP contribution < -0.4 is 16.4 Å². The van der Waals surface area contributed by atoms with Gasteiger partial charge in [-0.25, -0.2) is 0 Å². The smallest absolute Gasteiger partial charge is 0.224 e. The van der Waals surface area contributed by atoms with Crippen LogP contribution in [0, 0.1) is 0 Å². The molecule has 1 aromatic carbocycles. The summed E-state index contributed by atoms with van der Waals surface area (Å²) in [7, 11) is 1.52. The van der Waals surface area contributed by atoms with Gasteiger partial charge in [-0.1, -0.05) is 11.6 Å². The second-order valence-corrected chi connectivity index (χ2v) is 5.24. The van der Waals surface area contributed by atoms with Gasteiger partial charge < -0.3 is 21.1 Å². The third-order valence-corrected chi connectivity index (χ3v) is 3.29. The number of rotatable bonds is 9. The maximum Gasteiger partial charge on any atom is 0.224 e. The van der Waals surface area contributed by atoms with Crippen LogP contribution in [0.1, 0.15) is 19.3 Å². The third kappa shape index (κ3) is 7.40. The van der Waals surface area contributed by atoms with Crippen LogP contribution in [0.3, 0.4) is 0 Å². The summed E-state index contributed by atoms with van der Waals surface area (Å²) < 4.78 is 5.03. The molecule has 0 saturated heterocycles. The molecule has 4 N–H and O–H groups in total. The fourth-order valence-electron chi connectivity index (χ4n) is 1.78. The minimum atomic E-state index is -0.270. The first kappa shape index (κ1) is 18.4. The van der Waals surface area contributed by atoms with Gasteiger partial charge in [-0.2, -0.15) is 0 Å². The molecule has 122 valence electrons. The number of methoxy groups -OCH3 is 1. The zero-order valence-electron chi connectivity index (χ0n) is 12.6. The Balaban J connectivity index is 2.17. The van der Waals surface area contributed by atoms with Gasteiger partial charge in [-0.05, 0) is 30.7 Å². The molecule has 0 heterocycles. The molecule has 0 radical (unpaired) electrons. The molecule has 0 aliphatic rings. The largest absolute Gasteiger partial charge is 0.380 e. The van der Waals surface area contributed by atoms with Gasteiger partial charge in [-0.3, -0.25) is 9.59 Å². The van der Waals surface area contributed by atoms with Gasteiger partial charge in [0.05, 0.1) is 12.5 Å². The Morgan fingerprint density at radius 2 is 1.95 bits per heavy atom. The van der Waals surface area contributed by atoms with Gasteiger partial charge in [0.1, 0.15) is 0 Å². The van der Waals surface area contributed by atoms with Crippen LogP contribution in [-0.2, 0) is 14.3 Å². The molecule has 0 spiro atoms. The molecule has 0 aliphatic carbocycles. The summed E-state index contributed by atoms with van der Waals surface area (Å²) in [6.45, 7) is 0.737. The van der Waals surface area contributed by atoms with E-state index in [4.69, 9.17) is 22.1 Å². The Kier molecular flexibility index (Phi) is 8.50. The fraction of sp³-hybridized carbons (Fsp3) is 0.467. The topological polar surface area (TPSA) is 93.4 Å². The summed E-state index contributed by atoms with van der Waals surface area (Å²) in [4.78, 5) is 23.3. The molecular weight excluding hydrogens is 306 g/mol. The number of halogens is 1. The Morgan fingerprint density at radius 3 is 2.55 bits per heavy atom. The van der Waals surface area contributed by atoms with Crippen LogP contribution in [0.5, 0.6) is 0 Å². The van der Waals surface area contributed by atoms with Crippen molar-refractivity contribution in [3.63, 3.8) is 0 Å². The SMILES string of the molecule is COC(CN)CC(=O)NCCCC(=O)Nc1ccc(Cl)cc1. The summed E-state index contributed by atoms with van der Waals surface area (Å²) >= 11 is 5.77. The lowest BCUT2D eigenvalue weighted by Crippen LogP contribution is -2.32. The molecule has 6 nitrogen and oxygen atoms in total. The summed E-state index contributed by atoms with van der Waals surface area (Å²) in [6.07, 6.45) is 0.844. The maximum atomic E-state index is 11.7. The molecule has 0 aromatic heterocycles. The average Bonchev–Trinajstić information content (AvgIpc) is 2.51. The quantitative estimate of drug-likeness (QED) is 0.600. The fourth-order valence-corrected chi connectivity index (χ4v) is 1.90. The average molecular weight is 328 g/mol. The zero-order chi connectivity index (χ0) is 16.4. The summed E-state index contributed by atoms with van der Waals surface area (Å²) in [5.74, 6) is -0.233. The van der Waals surface area contributed by atoms with Crippen molar-refractivity contribution in [2.75, 3.05) is 25.5 Å². The number of amides is 2. The highest BCUT2D eigenvalue weighted by Crippen LogP contribution is 2.13. The zero-order valence-corrected chi connectivity index (χ0v) is 13.4. The van der Waals surface area contributed by atoms with E-state index in [0.717, 1.165) is 0 Å². The van der Waals surface area contributed by atoms with E-state index in [0.29, 0.717) is 36.6 Å². The van der Waals surface area contributed by atoms with Crippen LogP contribution in [0.4, 0.5) is 5.69 Å². The van der Waals surface area contributed by atoms with Crippen molar-refractivity contribution in [2.45, 2.75) is 25.4 Å². The first-order valence-corrected chi connectivity index (χ1v) is 7.48. The van der Waals surface area contributed by atoms with Crippen LogP contribution in [0.15, 0.2) is 24.3 Å². The van der Waals surface area contributed by atoms with Crippen molar-refractivity contribution in [3.05, 3.63) is 29.3 Å². The number of nitrogens with one attached hydrogen (secondary N) is 2. The minimum absolute atomic E-state index is 0.103. The van der Waals surface area contributed by atoms with E-state index in [-0.39, 0.29) is 24.3 Å². The number of hydrogen-bond acceptors (Lipinski definition) is 4. The molecule has 2 amide bonds. The lowest BCUT2D eigenvalue weighted by atomic mass is 10.2. The number of anilines is 1. The number of nitrogens with two attached hydrogens (primary N) is 1. The number of carbonyl (C=O) groups is 2.